The average molecular weight is 270 g/mol. The molecule has 2 N–H and O–H groups in total. The zero-order valence-corrected chi connectivity index (χ0v) is 10.6. The van der Waals surface area contributed by atoms with Gasteiger partial charge in [0.2, 0.25) is 5.91 Å². The number of hydrogen-bond donors (Lipinski definition) is 2. The fourth-order valence-electron chi connectivity index (χ4n) is 0.890. The van der Waals surface area contributed by atoms with Gasteiger partial charge in [-0.05, 0) is 27.7 Å². The molecule has 18 heavy (non-hydrogen) atoms. The third-order valence-corrected chi connectivity index (χ3v) is 1.59. The standard InChI is InChI=1S/C10H17F3N2O3/c1-6(7(16)14-5-10(11,12)13)15-8(17)18-9(2,3)4/h6H,5H2,1-4H3,(H,14,16)(H,15,17)/t6-/m1/s1. The third-order valence-electron chi connectivity index (χ3n) is 1.59. The van der Waals surface area contributed by atoms with Crippen molar-refractivity contribution < 1.29 is 27.5 Å². The van der Waals surface area contributed by atoms with Crippen molar-refractivity contribution in [3.05, 3.63) is 0 Å². The Hall–Kier alpha value is -1.47. The molecule has 5 nitrogen and oxygen atoms in total. The summed E-state index contributed by atoms with van der Waals surface area (Å²) in [6, 6.07) is -1.11. The zero-order valence-electron chi connectivity index (χ0n) is 10.6. The van der Waals surface area contributed by atoms with Crippen LogP contribution in [-0.4, -0.2) is 36.4 Å². The Morgan fingerprint density at radius 3 is 2.11 bits per heavy atom. The van der Waals surface area contributed by atoms with Gasteiger partial charge in [-0.2, -0.15) is 13.2 Å². The van der Waals surface area contributed by atoms with Crippen molar-refractivity contribution in [3.63, 3.8) is 0 Å². The number of nitrogens with one attached hydrogen (secondary N) is 2. The molecule has 0 bridgehead atoms. The van der Waals surface area contributed by atoms with Crippen LogP contribution < -0.4 is 10.6 Å². The van der Waals surface area contributed by atoms with E-state index in [2.05, 4.69) is 5.32 Å². The minimum absolute atomic E-state index is 0.744. The molecule has 0 fully saturated rings. The fourth-order valence-corrected chi connectivity index (χ4v) is 0.890. The van der Waals surface area contributed by atoms with Crippen LogP contribution in [-0.2, 0) is 9.53 Å². The minimum atomic E-state index is -4.48. The predicted octanol–water partition coefficient (Wildman–Crippen LogP) is 1.58. The molecule has 0 aliphatic heterocycles. The number of carbonyl (C=O) groups is 2. The van der Waals surface area contributed by atoms with E-state index < -0.39 is 36.4 Å². The molecule has 0 heterocycles. The molecular formula is C10H17F3N2O3. The average Bonchev–Trinajstić information content (AvgIpc) is 2.09. The summed E-state index contributed by atoms with van der Waals surface area (Å²) in [6.45, 7) is 4.70. The number of halogens is 3. The van der Waals surface area contributed by atoms with Crippen LogP contribution in [0.15, 0.2) is 0 Å². The Bertz CT molecular complexity index is 310. The molecule has 0 aromatic heterocycles. The lowest BCUT2D eigenvalue weighted by atomic mass is 10.2. The SMILES string of the molecule is C[C@@H](NC(=O)OC(C)(C)C)C(=O)NCC(F)(F)F. The van der Waals surface area contributed by atoms with E-state index >= 15 is 0 Å². The van der Waals surface area contributed by atoms with E-state index in [0.29, 0.717) is 0 Å². The molecule has 106 valence electrons. The van der Waals surface area contributed by atoms with Crippen molar-refractivity contribution in [2.45, 2.75) is 45.5 Å². The van der Waals surface area contributed by atoms with Crippen molar-refractivity contribution in [3.8, 4) is 0 Å². The summed E-state index contributed by atoms with van der Waals surface area (Å²) in [5.41, 5.74) is -0.744. The van der Waals surface area contributed by atoms with E-state index in [1.54, 1.807) is 26.1 Å². The van der Waals surface area contributed by atoms with Gasteiger partial charge in [0.05, 0.1) is 0 Å². The van der Waals surface area contributed by atoms with Crippen molar-refractivity contribution >= 4 is 12.0 Å². The summed E-state index contributed by atoms with van der Waals surface area (Å²) in [5, 5.41) is 3.79. The Kier molecular flexibility index (Phi) is 5.44. The van der Waals surface area contributed by atoms with Gasteiger partial charge in [-0.25, -0.2) is 4.79 Å². The van der Waals surface area contributed by atoms with Crippen LogP contribution in [0.3, 0.4) is 0 Å². The monoisotopic (exact) mass is 270 g/mol. The summed E-state index contributed by atoms with van der Waals surface area (Å²) >= 11 is 0. The van der Waals surface area contributed by atoms with Gasteiger partial charge in [-0.3, -0.25) is 4.79 Å². The molecule has 0 rings (SSSR count). The van der Waals surface area contributed by atoms with Crippen molar-refractivity contribution in [2.24, 2.45) is 0 Å². The van der Waals surface area contributed by atoms with E-state index in [9.17, 15) is 22.8 Å². The molecule has 0 radical (unpaired) electrons. The van der Waals surface area contributed by atoms with Gasteiger partial charge in [0.25, 0.3) is 0 Å². The van der Waals surface area contributed by atoms with Crippen molar-refractivity contribution in [2.75, 3.05) is 6.54 Å². The molecule has 0 spiro atoms. The maximum Gasteiger partial charge on any atom is 0.408 e. The number of amides is 2. The first-order valence-electron chi connectivity index (χ1n) is 5.25. The number of alkyl halides is 3. The predicted molar refractivity (Wildman–Crippen MR) is 57.9 cm³/mol. The second-order valence-corrected chi connectivity index (χ2v) is 4.70. The van der Waals surface area contributed by atoms with Crippen molar-refractivity contribution in [1.29, 1.82) is 0 Å². The summed E-state index contributed by atoms with van der Waals surface area (Å²) in [6.07, 6.45) is -5.35. The lowest BCUT2D eigenvalue weighted by Gasteiger charge is -2.21. The molecule has 0 saturated heterocycles. The quantitative estimate of drug-likeness (QED) is 0.818. The lowest BCUT2D eigenvalue weighted by molar-refractivity contribution is -0.139. The fraction of sp³-hybridized carbons (Fsp3) is 0.800. The molecule has 0 aliphatic rings. The van der Waals surface area contributed by atoms with E-state index in [1.807, 2.05) is 0 Å². The molecule has 2 amide bonds. The molecular weight excluding hydrogens is 253 g/mol. The van der Waals surface area contributed by atoms with Gasteiger partial charge < -0.3 is 15.4 Å². The summed E-state index contributed by atoms with van der Waals surface area (Å²) in [5.74, 6) is -0.932. The Morgan fingerprint density at radius 1 is 1.22 bits per heavy atom. The first-order valence-corrected chi connectivity index (χ1v) is 5.25. The van der Waals surface area contributed by atoms with Gasteiger partial charge in [-0.15, -0.1) is 0 Å². The Labute approximate surface area is 103 Å². The first kappa shape index (κ1) is 16.5. The van der Waals surface area contributed by atoms with E-state index in [-0.39, 0.29) is 0 Å². The number of alkyl carbamates (subject to hydrolysis) is 1. The highest BCUT2D eigenvalue weighted by molar-refractivity contribution is 5.85. The van der Waals surface area contributed by atoms with Crippen molar-refractivity contribution in [1.82, 2.24) is 10.6 Å². The molecule has 0 aromatic rings. The molecule has 0 aromatic carbocycles. The highest BCUT2D eigenvalue weighted by Crippen LogP contribution is 2.12. The van der Waals surface area contributed by atoms with Crippen LogP contribution in [0, 0.1) is 0 Å². The normalized spacial score (nSPS) is 13.7. The summed E-state index contributed by atoms with van der Waals surface area (Å²) < 4.78 is 40.4. The first-order chi connectivity index (χ1) is 7.91. The lowest BCUT2D eigenvalue weighted by Crippen LogP contribution is -2.48. The van der Waals surface area contributed by atoms with Crippen LogP contribution in [0.4, 0.5) is 18.0 Å². The highest BCUT2D eigenvalue weighted by atomic mass is 19.4. The smallest absolute Gasteiger partial charge is 0.408 e. The Morgan fingerprint density at radius 2 is 1.72 bits per heavy atom. The second-order valence-electron chi connectivity index (χ2n) is 4.70. The zero-order chi connectivity index (χ0) is 14.6. The van der Waals surface area contributed by atoms with E-state index in [1.165, 1.54) is 6.92 Å². The summed E-state index contributed by atoms with van der Waals surface area (Å²) in [7, 11) is 0. The van der Waals surface area contributed by atoms with Gasteiger partial charge in [0.15, 0.2) is 0 Å². The highest BCUT2D eigenvalue weighted by Gasteiger charge is 2.29. The summed E-state index contributed by atoms with van der Waals surface area (Å²) in [4.78, 5) is 22.4. The van der Waals surface area contributed by atoms with E-state index in [0.717, 1.165) is 0 Å². The maximum atomic E-state index is 11.8. The molecule has 1 atom stereocenters. The maximum absolute atomic E-state index is 11.8. The molecule has 0 unspecified atom stereocenters. The molecule has 0 saturated carbocycles. The molecule has 0 aliphatic carbocycles. The van der Waals surface area contributed by atoms with Gasteiger partial charge in [0.1, 0.15) is 18.2 Å². The number of hydrogen-bond acceptors (Lipinski definition) is 3. The van der Waals surface area contributed by atoms with Crippen LogP contribution in [0.2, 0.25) is 0 Å². The minimum Gasteiger partial charge on any atom is -0.444 e. The second kappa shape index (κ2) is 5.92. The molecule has 8 heteroatoms. The number of ether oxygens (including phenoxy) is 1. The topological polar surface area (TPSA) is 67.4 Å². The van der Waals surface area contributed by atoms with Gasteiger partial charge in [-0.1, -0.05) is 0 Å². The van der Waals surface area contributed by atoms with Crippen LogP contribution >= 0.6 is 0 Å². The number of carbonyl (C=O) groups excluding carboxylic acids is 2. The van der Waals surface area contributed by atoms with Crippen LogP contribution in [0.1, 0.15) is 27.7 Å². The van der Waals surface area contributed by atoms with Gasteiger partial charge in [0, 0.05) is 0 Å². The largest absolute Gasteiger partial charge is 0.444 e. The third kappa shape index (κ3) is 8.66. The van der Waals surface area contributed by atoms with Gasteiger partial charge >= 0.3 is 12.3 Å². The van der Waals surface area contributed by atoms with Crippen LogP contribution in [0.25, 0.3) is 0 Å². The van der Waals surface area contributed by atoms with Crippen LogP contribution in [0.5, 0.6) is 0 Å². The number of rotatable bonds is 3. The Balaban J connectivity index is 4.13. The van der Waals surface area contributed by atoms with E-state index in [4.69, 9.17) is 4.74 Å².